The number of carbonyl (C=O) groups is 1. The van der Waals surface area contributed by atoms with Gasteiger partial charge in [-0.25, -0.2) is 0 Å². The summed E-state index contributed by atoms with van der Waals surface area (Å²) in [6.07, 6.45) is 9.92. The number of unbranched alkanes of at least 4 members (excludes halogenated alkanes) is 3. The fourth-order valence-corrected chi connectivity index (χ4v) is 5.15. The molecule has 0 aromatic heterocycles. The fourth-order valence-electron chi connectivity index (χ4n) is 3.11. The normalized spacial score (nSPS) is 15.8. The van der Waals surface area contributed by atoms with Crippen molar-refractivity contribution in [2.24, 2.45) is 5.92 Å². The SMILES string of the molecule is CCCCCCC(=O)SCC(CC)C(CC)(CCC)O[SiH3]. The number of hydrogen-bond acceptors (Lipinski definition) is 3. The number of carbonyl (C=O) groups excluding carboxylic acids is 1. The van der Waals surface area contributed by atoms with Crippen LogP contribution in [0.4, 0.5) is 0 Å². The zero-order chi connectivity index (χ0) is 16.1. The van der Waals surface area contributed by atoms with Gasteiger partial charge in [0.1, 0.15) is 10.5 Å². The Balaban J connectivity index is 4.31. The molecule has 0 aliphatic heterocycles. The van der Waals surface area contributed by atoms with Crippen LogP contribution in [0.5, 0.6) is 0 Å². The molecule has 2 nitrogen and oxygen atoms in total. The van der Waals surface area contributed by atoms with Gasteiger partial charge in [0, 0.05) is 12.2 Å². The summed E-state index contributed by atoms with van der Waals surface area (Å²) >= 11 is 1.55. The van der Waals surface area contributed by atoms with Gasteiger partial charge < -0.3 is 4.43 Å². The van der Waals surface area contributed by atoms with Crippen molar-refractivity contribution >= 4 is 27.4 Å². The van der Waals surface area contributed by atoms with Crippen LogP contribution in [0.1, 0.15) is 85.5 Å². The third-order valence-electron chi connectivity index (χ3n) is 4.59. The van der Waals surface area contributed by atoms with Gasteiger partial charge in [0.05, 0.1) is 5.60 Å². The highest BCUT2D eigenvalue weighted by Gasteiger charge is 2.35. The molecule has 0 N–H and O–H groups in total. The zero-order valence-corrected chi connectivity index (χ0v) is 17.7. The van der Waals surface area contributed by atoms with E-state index in [1.807, 2.05) is 0 Å². The Morgan fingerprint density at radius 2 is 1.86 bits per heavy atom. The summed E-state index contributed by atoms with van der Waals surface area (Å²) in [6, 6.07) is 0. The average molecular weight is 333 g/mol. The molecule has 0 aromatic carbocycles. The first kappa shape index (κ1) is 21.2. The lowest BCUT2D eigenvalue weighted by Gasteiger charge is -2.39. The maximum atomic E-state index is 12.0. The Morgan fingerprint density at radius 1 is 1.14 bits per heavy atom. The van der Waals surface area contributed by atoms with Crippen molar-refractivity contribution < 1.29 is 9.22 Å². The smallest absolute Gasteiger partial charge is 0.188 e. The van der Waals surface area contributed by atoms with Crippen molar-refractivity contribution in [1.82, 2.24) is 0 Å². The Morgan fingerprint density at radius 3 is 2.33 bits per heavy atom. The van der Waals surface area contributed by atoms with Crippen LogP contribution in [0.2, 0.25) is 0 Å². The highest BCUT2D eigenvalue weighted by atomic mass is 32.2. The molecule has 0 fully saturated rings. The van der Waals surface area contributed by atoms with Crippen LogP contribution in [0, 0.1) is 5.92 Å². The second kappa shape index (κ2) is 12.7. The van der Waals surface area contributed by atoms with Gasteiger partial charge in [0.15, 0.2) is 5.12 Å². The average Bonchev–Trinajstić information content (AvgIpc) is 2.50. The molecule has 0 spiro atoms. The van der Waals surface area contributed by atoms with E-state index in [9.17, 15) is 4.79 Å². The molecule has 0 radical (unpaired) electrons. The Labute approximate surface area is 139 Å². The largest absolute Gasteiger partial charge is 0.422 e. The second-order valence-corrected chi connectivity index (χ2v) is 7.46. The van der Waals surface area contributed by atoms with E-state index >= 15 is 0 Å². The van der Waals surface area contributed by atoms with Gasteiger partial charge in [0.25, 0.3) is 0 Å². The highest BCUT2D eigenvalue weighted by Crippen LogP contribution is 2.35. The molecule has 0 rings (SSSR count). The van der Waals surface area contributed by atoms with Crippen LogP contribution >= 0.6 is 11.8 Å². The van der Waals surface area contributed by atoms with Gasteiger partial charge in [0.2, 0.25) is 0 Å². The van der Waals surface area contributed by atoms with Gasteiger partial charge in [-0.15, -0.1) is 0 Å². The molecular formula is C17H36O2SSi. The number of rotatable bonds is 13. The lowest BCUT2D eigenvalue weighted by atomic mass is 9.81. The van der Waals surface area contributed by atoms with E-state index < -0.39 is 0 Å². The molecule has 0 saturated carbocycles. The van der Waals surface area contributed by atoms with Crippen molar-refractivity contribution in [3.8, 4) is 0 Å². The summed E-state index contributed by atoms with van der Waals surface area (Å²) in [5.41, 5.74) is 0.0191. The first-order valence-corrected chi connectivity index (χ1v) is 10.6. The summed E-state index contributed by atoms with van der Waals surface area (Å²) in [5.74, 6) is 1.43. The first-order valence-electron chi connectivity index (χ1n) is 8.80. The molecule has 0 saturated heterocycles. The quantitative estimate of drug-likeness (QED) is 0.367. The van der Waals surface area contributed by atoms with E-state index in [0.29, 0.717) is 11.0 Å². The minimum atomic E-state index is 0.0191. The lowest BCUT2D eigenvalue weighted by Crippen LogP contribution is -2.41. The molecule has 126 valence electrons. The zero-order valence-electron chi connectivity index (χ0n) is 14.9. The van der Waals surface area contributed by atoms with Crippen LogP contribution in [0.15, 0.2) is 0 Å². The Bertz CT molecular complexity index is 268. The van der Waals surface area contributed by atoms with Crippen LogP contribution < -0.4 is 0 Å². The minimum Gasteiger partial charge on any atom is -0.422 e. The van der Waals surface area contributed by atoms with Gasteiger partial charge in [-0.1, -0.05) is 65.1 Å². The van der Waals surface area contributed by atoms with Crippen LogP contribution in [-0.2, 0) is 9.22 Å². The third kappa shape index (κ3) is 7.85. The monoisotopic (exact) mass is 332 g/mol. The molecule has 0 amide bonds. The molecule has 2 unspecified atom stereocenters. The fraction of sp³-hybridized carbons (Fsp3) is 0.941. The van der Waals surface area contributed by atoms with E-state index in [1.165, 1.54) is 19.3 Å². The van der Waals surface area contributed by atoms with Crippen molar-refractivity contribution in [2.75, 3.05) is 5.75 Å². The molecule has 4 heteroatoms. The lowest BCUT2D eigenvalue weighted by molar-refractivity contribution is -0.111. The Hall–Kier alpha value is 0.197. The van der Waals surface area contributed by atoms with Gasteiger partial charge in [-0.05, 0) is 31.6 Å². The van der Waals surface area contributed by atoms with E-state index in [1.54, 1.807) is 11.8 Å². The van der Waals surface area contributed by atoms with Crippen molar-refractivity contribution in [3.63, 3.8) is 0 Å². The highest BCUT2D eigenvalue weighted by molar-refractivity contribution is 8.13. The standard InChI is InChI=1S/C17H36O2SSi/c1-5-9-10-11-12-16(18)20-14-15(7-3)17(8-4,19-21)13-6-2/h15H,5-14H2,1-4,21H3. The van der Waals surface area contributed by atoms with Crippen LogP contribution in [-0.4, -0.2) is 27.0 Å². The van der Waals surface area contributed by atoms with Crippen molar-refractivity contribution in [2.45, 2.75) is 91.1 Å². The van der Waals surface area contributed by atoms with E-state index in [-0.39, 0.29) is 5.60 Å². The summed E-state index contributed by atoms with van der Waals surface area (Å²) < 4.78 is 6.04. The summed E-state index contributed by atoms with van der Waals surface area (Å²) in [6.45, 7) is 8.89. The summed E-state index contributed by atoms with van der Waals surface area (Å²) in [4.78, 5) is 12.0. The summed E-state index contributed by atoms with van der Waals surface area (Å²) in [7, 11) is 0.784. The minimum absolute atomic E-state index is 0.0191. The molecule has 2 atom stereocenters. The topological polar surface area (TPSA) is 26.3 Å². The predicted octanol–water partition coefficient (Wildman–Crippen LogP) is 4.49. The van der Waals surface area contributed by atoms with Crippen LogP contribution in [0.25, 0.3) is 0 Å². The Kier molecular flexibility index (Phi) is 12.8. The first-order chi connectivity index (χ1) is 10.1. The van der Waals surface area contributed by atoms with Gasteiger partial charge in [-0.3, -0.25) is 4.79 Å². The van der Waals surface area contributed by atoms with E-state index in [0.717, 1.165) is 54.8 Å². The predicted molar refractivity (Wildman–Crippen MR) is 99.0 cm³/mol. The van der Waals surface area contributed by atoms with E-state index in [2.05, 4.69) is 27.7 Å². The second-order valence-electron chi connectivity index (χ2n) is 5.97. The maximum Gasteiger partial charge on any atom is 0.188 e. The number of hydrogen-bond donors (Lipinski definition) is 0. The molecule has 0 heterocycles. The molecule has 0 bridgehead atoms. The molecule has 0 aromatic rings. The molecule has 0 aliphatic carbocycles. The summed E-state index contributed by atoms with van der Waals surface area (Å²) in [5, 5.41) is 0.374. The molecular weight excluding hydrogens is 296 g/mol. The van der Waals surface area contributed by atoms with Crippen molar-refractivity contribution in [1.29, 1.82) is 0 Å². The maximum absolute atomic E-state index is 12.0. The molecule has 0 aliphatic rings. The van der Waals surface area contributed by atoms with E-state index in [4.69, 9.17) is 4.43 Å². The number of thioether (sulfide) groups is 1. The van der Waals surface area contributed by atoms with Crippen LogP contribution in [0.3, 0.4) is 0 Å². The van der Waals surface area contributed by atoms with Gasteiger partial charge in [-0.2, -0.15) is 0 Å². The van der Waals surface area contributed by atoms with Crippen molar-refractivity contribution in [3.05, 3.63) is 0 Å². The third-order valence-corrected chi connectivity index (χ3v) is 6.50. The molecule has 21 heavy (non-hydrogen) atoms. The van der Waals surface area contributed by atoms with Gasteiger partial charge >= 0.3 is 0 Å².